The van der Waals surface area contributed by atoms with E-state index < -0.39 is 0 Å². The van der Waals surface area contributed by atoms with E-state index in [2.05, 4.69) is 41.9 Å². The average molecular weight is 391 g/mol. The lowest BCUT2D eigenvalue weighted by Gasteiger charge is -2.17. The normalized spacial score (nSPS) is 12.8. The van der Waals surface area contributed by atoms with E-state index >= 15 is 0 Å². The lowest BCUT2D eigenvalue weighted by molar-refractivity contribution is -0.116. The number of benzene rings is 2. The second-order valence-electron chi connectivity index (χ2n) is 6.79. The number of nitrogens with zero attached hydrogens (tertiary/aromatic N) is 4. The second kappa shape index (κ2) is 8.02. The number of carbonyl (C=O) groups excluding carboxylic acids is 1. The summed E-state index contributed by atoms with van der Waals surface area (Å²) in [4.78, 5) is 14.7. The molecule has 2 aromatic carbocycles. The van der Waals surface area contributed by atoms with Crippen molar-refractivity contribution in [3.05, 3.63) is 72.3 Å². The fraction of sp³-hybridized carbons (Fsp3) is 0.227. The fourth-order valence-electron chi connectivity index (χ4n) is 3.49. The Morgan fingerprint density at radius 3 is 2.89 bits per heavy atom. The van der Waals surface area contributed by atoms with Crippen LogP contribution in [0.4, 0.5) is 5.69 Å². The zero-order valence-electron chi connectivity index (χ0n) is 15.8. The fourth-order valence-corrected chi connectivity index (χ4v) is 4.31. The van der Waals surface area contributed by atoms with E-state index in [0.29, 0.717) is 12.3 Å². The number of carbonyl (C=O) groups is 1. The number of para-hydroxylation sites is 1. The third-order valence-corrected chi connectivity index (χ3v) is 5.77. The van der Waals surface area contributed by atoms with Crippen molar-refractivity contribution in [2.45, 2.75) is 25.0 Å². The highest BCUT2D eigenvalue weighted by molar-refractivity contribution is 7.99. The Balaban J connectivity index is 1.52. The highest BCUT2D eigenvalue weighted by Gasteiger charge is 2.25. The van der Waals surface area contributed by atoms with E-state index in [4.69, 9.17) is 0 Å². The van der Waals surface area contributed by atoms with Crippen LogP contribution in [0.1, 0.15) is 11.1 Å². The van der Waals surface area contributed by atoms with Gasteiger partial charge in [-0.3, -0.25) is 9.36 Å². The molecule has 0 spiro atoms. The molecule has 6 heteroatoms. The first-order valence-electron chi connectivity index (χ1n) is 9.29. The minimum absolute atomic E-state index is 0.0974. The summed E-state index contributed by atoms with van der Waals surface area (Å²) in [5, 5.41) is 9.45. The molecule has 0 saturated heterocycles. The molecule has 5 nitrogen and oxygen atoms in total. The van der Waals surface area contributed by atoms with Crippen molar-refractivity contribution in [1.82, 2.24) is 14.8 Å². The summed E-state index contributed by atoms with van der Waals surface area (Å²) in [6.45, 7) is 7.25. The standard InChI is InChI=1S/C22H22N4OS/c1-3-12-26-21(18-9-6-7-16(2)14-18)23-24-22(26)28-15-20(27)25-13-11-17-8-4-5-10-19(17)25/h3-10,14H,1,11-13,15H2,2H3. The maximum absolute atomic E-state index is 12.8. The third-order valence-electron chi connectivity index (χ3n) is 4.82. The van der Waals surface area contributed by atoms with Gasteiger partial charge < -0.3 is 4.90 Å². The van der Waals surface area contributed by atoms with Gasteiger partial charge in [-0.1, -0.05) is 59.8 Å². The SMILES string of the molecule is C=CCn1c(SCC(=O)N2CCc3ccccc32)nnc1-c1cccc(C)c1. The highest BCUT2D eigenvalue weighted by atomic mass is 32.2. The van der Waals surface area contributed by atoms with Gasteiger partial charge >= 0.3 is 0 Å². The lowest BCUT2D eigenvalue weighted by atomic mass is 10.1. The molecule has 1 amide bonds. The Labute approximate surface area is 169 Å². The van der Waals surface area contributed by atoms with Gasteiger partial charge in [-0.25, -0.2) is 0 Å². The zero-order valence-corrected chi connectivity index (χ0v) is 16.7. The van der Waals surface area contributed by atoms with Crippen molar-refractivity contribution in [3.63, 3.8) is 0 Å². The van der Waals surface area contributed by atoms with E-state index in [1.54, 1.807) is 0 Å². The Kier molecular flexibility index (Phi) is 5.30. The van der Waals surface area contributed by atoms with Crippen LogP contribution in [-0.2, 0) is 17.8 Å². The number of thioether (sulfide) groups is 1. The van der Waals surface area contributed by atoms with Crippen molar-refractivity contribution < 1.29 is 4.79 Å². The molecule has 0 atom stereocenters. The van der Waals surface area contributed by atoms with Gasteiger partial charge in [0, 0.05) is 24.3 Å². The molecular formula is C22H22N4OS. The molecule has 28 heavy (non-hydrogen) atoms. The monoisotopic (exact) mass is 390 g/mol. The molecule has 0 unspecified atom stereocenters. The molecule has 2 heterocycles. The molecule has 0 bridgehead atoms. The van der Waals surface area contributed by atoms with Crippen LogP contribution in [0.5, 0.6) is 0 Å². The van der Waals surface area contributed by atoms with Gasteiger partial charge in [0.15, 0.2) is 11.0 Å². The Hall–Kier alpha value is -2.86. The first kappa shape index (κ1) is 18.5. The van der Waals surface area contributed by atoms with E-state index in [0.717, 1.165) is 35.2 Å². The number of rotatable bonds is 6. The summed E-state index contributed by atoms with van der Waals surface area (Å²) in [5.41, 5.74) is 4.45. The minimum atomic E-state index is 0.0974. The summed E-state index contributed by atoms with van der Waals surface area (Å²) in [6.07, 6.45) is 2.74. The molecule has 4 rings (SSSR count). The Morgan fingerprint density at radius 1 is 1.21 bits per heavy atom. The van der Waals surface area contributed by atoms with Crippen LogP contribution in [0.25, 0.3) is 11.4 Å². The third kappa shape index (κ3) is 3.60. The summed E-state index contributed by atoms with van der Waals surface area (Å²) in [5.74, 6) is 1.22. The topological polar surface area (TPSA) is 51.0 Å². The van der Waals surface area contributed by atoms with E-state index in [-0.39, 0.29) is 5.91 Å². The Bertz CT molecular complexity index is 1030. The van der Waals surface area contributed by atoms with Crippen molar-refractivity contribution >= 4 is 23.4 Å². The summed E-state index contributed by atoms with van der Waals surface area (Å²) < 4.78 is 2.01. The number of hydrogen-bond acceptors (Lipinski definition) is 4. The molecule has 1 aliphatic rings. The number of allylic oxidation sites excluding steroid dienone is 1. The van der Waals surface area contributed by atoms with Crippen molar-refractivity contribution in [3.8, 4) is 11.4 Å². The number of aromatic nitrogens is 3. The van der Waals surface area contributed by atoms with Gasteiger partial charge in [0.25, 0.3) is 0 Å². The molecule has 0 radical (unpaired) electrons. The van der Waals surface area contributed by atoms with Crippen LogP contribution >= 0.6 is 11.8 Å². The average Bonchev–Trinajstić information content (AvgIpc) is 3.31. The molecule has 0 saturated carbocycles. The largest absolute Gasteiger partial charge is 0.311 e. The first-order chi connectivity index (χ1) is 13.7. The predicted molar refractivity (Wildman–Crippen MR) is 114 cm³/mol. The molecule has 3 aromatic rings. The van der Waals surface area contributed by atoms with Gasteiger partial charge in [0.2, 0.25) is 5.91 Å². The van der Waals surface area contributed by atoms with Crippen molar-refractivity contribution in [1.29, 1.82) is 0 Å². The second-order valence-corrected chi connectivity index (χ2v) is 7.73. The molecule has 0 aliphatic carbocycles. The summed E-state index contributed by atoms with van der Waals surface area (Å²) in [6, 6.07) is 16.3. The van der Waals surface area contributed by atoms with Gasteiger partial charge in [-0.15, -0.1) is 16.8 Å². The minimum Gasteiger partial charge on any atom is -0.311 e. The maximum Gasteiger partial charge on any atom is 0.237 e. The smallest absolute Gasteiger partial charge is 0.237 e. The van der Waals surface area contributed by atoms with Gasteiger partial charge in [0.1, 0.15) is 0 Å². The molecule has 142 valence electrons. The van der Waals surface area contributed by atoms with Crippen LogP contribution in [-0.4, -0.2) is 33.0 Å². The van der Waals surface area contributed by atoms with Gasteiger partial charge in [-0.2, -0.15) is 0 Å². The first-order valence-corrected chi connectivity index (χ1v) is 10.3. The van der Waals surface area contributed by atoms with Crippen LogP contribution < -0.4 is 4.90 Å². The number of amides is 1. The van der Waals surface area contributed by atoms with Crippen LogP contribution in [0.15, 0.2) is 66.3 Å². The maximum atomic E-state index is 12.8. The molecule has 0 fully saturated rings. The number of anilines is 1. The van der Waals surface area contributed by atoms with Gasteiger partial charge in [-0.05, 0) is 31.0 Å². The predicted octanol–water partition coefficient (Wildman–Crippen LogP) is 4.12. The number of fused-ring (bicyclic) bond motifs is 1. The molecule has 1 aromatic heterocycles. The number of hydrogen-bond donors (Lipinski definition) is 0. The number of aryl methyl sites for hydroxylation is 1. The quantitative estimate of drug-likeness (QED) is 0.469. The van der Waals surface area contributed by atoms with Crippen LogP contribution in [0.2, 0.25) is 0 Å². The molecular weight excluding hydrogens is 368 g/mol. The molecule has 1 aliphatic heterocycles. The van der Waals surface area contributed by atoms with Gasteiger partial charge in [0.05, 0.1) is 5.75 Å². The van der Waals surface area contributed by atoms with Crippen molar-refractivity contribution in [2.75, 3.05) is 17.2 Å². The van der Waals surface area contributed by atoms with E-state index in [1.165, 1.54) is 22.9 Å². The lowest BCUT2D eigenvalue weighted by Crippen LogP contribution is -2.30. The van der Waals surface area contributed by atoms with Crippen LogP contribution in [0, 0.1) is 6.92 Å². The summed E-state index contributed by atoms with van der Waals surface area (Å²) >= 11 is 1.43. The summed E-state index contributed by atoms with van der Waals surface area (Å²) in [7, 11) is 0. The highest BCUT2D eigenvalue weighted by Crippen LogP contribution is 2.29. The van der Waals surface area contributed by atoms with Crippen molar-refractivity contribution in [2.24, 2.45) is 0 Å². The Morgan fingerprint density at radius 2 is 2.07 bits per heavy atom. The van der Waals surface area contributed by atoms with E-state index in [1.807, 2.05) is 45.9 Å². The van der Waals surface area contributed by atoms with Crippen LogP contribution in [0.3, 0.4) is 0 Å². The van der Waals surface area contributed by atoms with E-state index in [9.17, 15) is 4.79 Å². The zero-order chi connectivity index (χ0) is 19.5. The molecule has 0 N–H and O–H groups in total.